The number of aromatic nitrogens is 3. The summed E-state index contributed by atoms with van der Waals surface area (Å²) in [6.07, 6.45) is -2.55. The first-order chi connectivity index (χ1) is 23.9. The van der Waals surface area contributed by atoms with Gasteiger partial charge in [0.05, 0.1) is 28.1 Å². The second kappa shape index (κ2) is 14.2. The summed E-state index contributed by atoms with van der Waals surface area (Å²) in [5.74, 6) is 4.93. The molecule has 5 N–H and O–H groups in total. The summed E-state index contributed by atoms with van der Waals surface area (Å²) in [6.45, 7) is 6.48. The van der Waals surface area contributed by atoms with Gasteiger partial charge >= 0.3 is 12.2 Å². The van der Waals surface area contributed by atoms with Crippen LogP contribution in [0.2, 0.25) is 0 Å². The maximum atomic E-state index is 14.8. The molecular weight excluding hydrogens is 654 g/mol. The van der Waals surface area contributed by atoms with E-state index in [-0.39, 0.29) is 35.3 Å². The number of amides is 3. The lowest BCUT2D eigenvalue weighted by Gasteiger charge is -2.34. The fourth-order valence-electron chi connectivity index (χ4n) is 6.12. The third-order valence-corrected chi connectivity index (χ3v) is 8.84. The Balaban J connectivity index is 1.18. The summed E-state index contributed by atoms with van der Waals surface area (Å²) in [5, 5.41) is 7.56. The average molecular weight is 690 g/mol. The molecule has 3 amide bonds. The highest BCUT2D eigenvalue weighted by atomic mass is 19.4. The molecule has 0 saturated carbocycles. The number of fused-ring (bicyclic) bond motifs is 1. The second-order valence-corrected chi connectivity index (χ2v) is 12.0. The first-order valence-electron chi connectivity index (χ1n) is 16.0. The van der Waals surface area contributed by atoms with Gasteiger partial charge in [0, 0.05) is 75.9 Å². The number of rotatable bonds is 6. The van der Waals surface area contributed by atoms with Crippen molar-refractivity contribution >= 4 is 29.3 Å². The van der Waals surface area contributed by atoms with Crippen LogP contribution in [-0.4, -0.2) is 75.5 Å². The summed E-state index contributed by atoms with van der Waals surface area (Å²) in [5.41, 5.74) is 7.92. The quantitative estimate of drug-likeness (QED) is 0.171. The van der Waals surface area contributed by atoms with Crippen LogP contribution < -0.4 is 21.7 Å². The van der Waals surface area contributed by atoms with Crippen LogP contribution >= 0.6 is 0 Å². The van der Waals surface area contributed by atoms with Crippen molar-refractivity contribution in [1.82, 2.24) is 29.7 Å². The smallest absolute Gasteiger partial charge is 0.368 e. The number of carbonyl (C=O) groups excluding carboxylic acids is 2. The van der Waals surface area contributed by atoms with E-state index in [0.717, 1.165) is 37.5 Å². The van der Waals surface area contributed by atoms with Gasteiger partial charge < -0.3 is 31.2 Å². The molecule has 6 rings (SSSR count). The number of anilines is 3. The van der Waals surface area contributed by atoms with Crippen molar-refractivity contribution < 1.29 is 27.2 Å². The lowest BCUT2D eigenvalue weighted by Crippen LogP contribution is -2.45. The van der Waals surface area contributed by atoms with E-state index >= 15 is 0 Å². The number of urea groups is 1. The normalized spacial score (nSPS) is 15.1. The lowest BCUT2D eigenvalue weighted by atomic mass is 10.0. The molecule has 15 heteroatoms. The van der Waals surface area contributed by atoms with Gasteiger partial charge in [0.15, 0.2) is 0 Å². The predicted octanol–water partition coefficient (Wildman–Crippen LogP) is 4.69. The van der Waals surface area contributed by atoms with E-state index < -0.39 is 23.6 Å². The Morgan fingerprint density at radius 1 is 1.04 bits per heavy atom. The van der Waals surface area contributed by atoms with Gasteiger partial charge in [-0.25, -0.2) is 19.2 Å². The van der Waals surface area contributed by atoms with E-state index in [1.807, 2.05) is 23.4 Å². The number of alkyl halides is 3. The maximum absolute atomic E-state index is 14.8. The highest BCUT2D eigenvalue weighted by Gasteiger charge is 2.34. The Labute approximate surface area is 285 Å². The summed E-state index contributed by atoms with van der Waals surface area (Å²) in [7, 11) is 1.82. The van der Waals surface area contributed by atoms with Crippen LogP contribution in [0.1, 0.15) is 45.2 Å². The molecular formula is C35H35F4N9O2. The van der Waals surface area contributed by atoms with Crippen molar-refractivity contribution in [2.45, 2.75) is 26.1 Å². The second-order valence-electron chi connectivity index (χ2n) is 12.0. The third-order valence-electron chi connectivity index (χ3n) is 8.84. The largest absolute Gasteiger partial charge is 0.416 e. The molecule has 0 radical (unpaired) electrons. The molecule has 2 aromatic carbocycles. The van der Waals surface area contributed by atoms with Crippen LogP contribution in [0, 0.1) is 17.7 Å². The van der Waals surface area contributed by atoms with Crippen LogP contribution in [0.4, 0.5) is 39.7 Å². The Bertz CT molecular complexity index is 2010. The van der Waals surface area contributed by atoms with E-state index in [1.165, 1.54) is 30.5 Å². The molecule has 0 aliphatic carbocycles. The summed E-state index contributed by atoms with van der Waals surface area (Å²) in [4.78, 5) is 37.9. The van der Waals surface area contributed by atoms with Gasteiger partial charge in [0.2, 0.25) is 5.95 Å². The molecule has 0 atom stereocenters. The van der Waals surface area contributed by atoms with E-state index in [9.17, 15) is 27.2 Å². The van der Waals surface area contributed by atoms with E-state index in [1.54, 1.807) is 6.07 Å². The van der Waals surface area contributed by atoms with Gasteiger partial charge in [-0.2, -0.15) is 13.2 Å². The van der Waals surface area contributed by atoms with E-state index in [2.05, 4.69) is 42.7 Å². The molecule has 11 nitrogen and oxygen atoms in total. The minimum atomic E-state index is -4.64. The molecule has 260 valence electrons. The first-order valence-corrected chi connectivity index (χ1v) is 16.0. The molecule has 4 heterocycles. The third kappa shape index (κ3) is 7.56. The Morgan fingerprint density at radius 2 is 1.80 bits per heavy atom. The molecule has 50 heavy (non-hydrogen) atoms. The molecule has 2 aliphatic heterocycles. The van der Waals surface area contributed by atoms with Crippen molar-refractivity contribution in [2.24, 2.45) is 7.05 Å². The molecule has 1 fully saturated rings. The SMILES string of the molecule is CCN1CCN(Cc2ccc(NC(=O)Nc3cc(C#Cc4cnc(N)nc4-c4cc5c(n4C)CCNC5=O)ccc3F)cc2C(F)(F)F)CC1. The van der Waals surface area contributed by atoms with Crippen LogP contribution in [0.5, 0.6) is 0 Å². The monoisotopic (exact) mass is 689 g/mol. The number of nitrogens with two attached hydrogens (primary N) is 1. The highest BCUT2D eigenvalue weighted by molar-refractivity contribution is 6.00. The van der Waals surface area contributed by atoms with Gasteiger partial charge in [-0.3, -0.25) is 9.69 Å². The summed E-state index contributed by atoms with van der Waals surface area (Å²) < 4.78 is 58.8. The Hall–Kier alpha value is -5.46. The molecule has 2 aliphatic rings. The van der Waals surface area contributed by atoms with Crippen molar-refractivity contribution in [2.75, 3.05) is 55.6 Å². The standard InChI is InChI=1S/C35H35F4N9O2/c1-3-47-12-14-48(15-13-47)20-23-7-8-24(17-26(23)35(37,38)39)43-34(50)44-28-16-21(5-9-27(28)36)4-6-22-19-42-33(40)45-31(22)30-18-25-29(46(30)2)10-11-41-32(25)49/h5,7-9,16-19H,3,10-15,20H2,1-2H3,(H,41,49)(H2,40,42,45)(H2,43,44,50). The van der Waals surface area contributed by atoms with Crippen molar-refractivity contribution in [3.05, 3.63) is 88.0 Å². The van der Waals surface area contributed by atoms with E-state index in [4.69, 9.17) is 5.73 Å². The fourth-order valence-corrected chi connectivity index (χ4v) is 6.12. The van der Waals surface area contributed by atoms with E-state index in [0.29, 0.717) is 54.1 Å². The first kappa shape index (κ1) is 34.4. The number of hydrogen-bond acceptors (Lipinski definition) is 7. The molecule has 4 aromatic rings. The summed E-state index contributed by atoms with van der Waals surface area (Å²) in [6, 6.07) is 8.24. The summed E-state index contributed by atoms with van der Waals surface area (Å²) >= 11 is 0. The van der Waals surface area contributed by atoms with Gasteiger partial charge in [0.1, 0.15) is 11.5 Å². The number of piperazine rings is 1. The topological polar surface area (TPSA) is 133 Å². The fraction of sp³-hybridized carbons (Fsp3) is 0.314. The minimum absolute atomic E-state index is 0.0101. The number of nitrogens with one attached hydrogen (secondary N) is 3. The van der Waals surface area contributed by atoms with Gasteiger partial charge in [0.25, 0.3) is 5.91 Å². The zero-order valence-corrected chi connectivity index (χ0v) is 27.4. The average Bonchev–Trinajstić information content (AvgIpc) is 3.43. The molecule has 0 spiro atoms. The van der Waals surface area contributed by atoms with Crippen molar-refractivity contribution in [3.8, 4) is 23.2 Å². The zero-order chi connectivity index (χ0) is 35.6. The number of halogens is 4. The Morgan fingerprint density at radius 3 is 2.52 bits per heavy atom. The molecule has 0 bridgehead atoms. The van der Waals surface area contributed by atoms with Gasteiger partial charge in [-0.1, -0.05) is 24.8 Å². The predicted molar refractivity (Wildman–Crippen MR) is 181 cm³/mol. The molecule has 0 unspecified atom stereocenters. The number of hydrogen-bond donors (Lipinski definition) is 4. The van der Waals surface area contributed by atoms with Crippen molar-refractivity contribution in [3.63, 3.8) is 0 Å². The van der Waals surface area contributed by atoms with Crippen LogP contribution in [0.25, 0.3) is 11.4 Å². The zero-order valence-electron chi connectivity index (χ0n) is 27.4. The number of benzene rings is 2. The van der Waals surface area contributed by atoms with Crippen molar-refractivity contribution in [1.29, 1.82) is 0 Å². The molecule has 2 aromatic heterocycles. The number of nitrogen functional groups attached to an aromatic ring is 1. The minimum Gasteiger partial charge on any atom is -0.368 e. The van der Waals surface area contributed by atoms with Gasteiger partial charge in [-0.05, 0) is 48.5 Å². The Kier molecular flexibility index (Phi) is 9.76. The highest BCUT2D eigenvalue weighted by Crippen LogP contribution is 2.35. The maximum Gasteiger partial charge on any atom is 0.416 e. The lowest BCUT2D eigenvalue weighted by molar-refractivity contribution is -0.138. The number of likely N-dealkylation sites (N-methyl/N-ethyl adjacent to an activating group) is 1. The number of carbonyl (C=O) groups is 2. The van der Waals surface area contributed by atoms with Crippen LogP contribution in [-0.2, 0) is 26.2 Å². The number of nitrogens with zero attached hydrogens (tertiary/aromatic N) is 5. The molecule has 1 saturated heterocycles. The van der Waals surface area contributed by atoms with Gasteiger partial charge in [-0.15, -0.1) is 0 Å². The van der Waals surface area contributed by atoms with Crippen LogP contribution in [0.15, 0.2) is 48.7 Å². The van der Waals surface area contributed by atoms with Crippen LogP contribution in [0.3, 0.4) is 0 Å².